The van der Waals surface area contributed by atoms with Crippen molar-refractivity contribution in [1.29, 1.82) is 0 Å². The number of ether oxygens (including phenoxy) is 1. The van der Waals surface area contributed by atoms with Crippen LogP contribution < -0.4 is 5.32 Å². The van der Waals surface area contributed by atoms with E-state index in [1.54, 1.807) is 0 Å². The van der Waals surface area contributed by atoms with Gasteiger partial charge < -0.3 is 14.6 Å². The van der Waals surface area contributed by atoms with Gasteiger partial charge in [-0.05, 0) is 44.6 Å². The van der Waals surface area contributed by atoms with E-state index >= 15 is 0 Å². The molecule has 1 saturated heterocycles. The predicted octanol–water partition coefficient (Wildman–Crippen LogP) is 3.10. The minimum Gasteiger partial charge on any atom is -0.376 e. The first-order chi connectivity index (χ1) is 11.5. The molecule has 2 aliphatic rings. The van der Waals surface area contributed by atoms with E-state index in [0.717, 1.165) is 31.4 Å². The zero-order valence-corrected chi connectivity index (χ0v) is 14.4. The summed E-state index contributed by atoms with van der Waals surface area (Å²) in [6.07, 6.45) is 4.37. The van der Waals surface area contributed by atoms with Crippen molar-refractivity contribution in [2.75, 3.05) is 6.61 Å². The fourth-order valence-corrected chi connectivity index (χ4v) is 3.91. The van der Waals surface area contributed by atoms with E-state index in [9.17, 15) is 4.79 Å². The Morgan fingerprint density at radius 1 is 1.46 bits per heavy atom. The molecular weight excluding hydrogens is 306 g/mol. The maximum atomic E-state index is 13.1. The third-order valence-electron chi connectivity index (χ3n) is 5.25. The molecule has 1 N–H and O–H groups in total. The SMILES string of the molecule is Cc1noc2nc(C(C)C)cc(C(=O)NC34CCCC(C3)OC4)c12. The molecule has 1 aliphatic carbocycles. The van der Waals surface area contributed by atoms with Crippen LogP contribution in [0.3, 0.4) is 0 Å². The zero-order chi connectivity index (χ0) is 16.9. The van der Waals surface area contributed by atoms with Crippen LogP contribution in [0.1, 0.15) is 67.2 Å². The Hall–Kier alpha value is -1.95. The second-order valence-corrected chi connectivity index (χ2v) is 7.46. The van der Waals surface area contributed by atoms with Gasteiger partial charge in [0.25, 0.3) is 11.6 Å². The molecule has 1 saturated carbocycles. The summed E-state index contributed by atoms with van der Waals surface area (Å²) < 4.78 is 11.1. The first-order valence-corrected chi connectivity index (χ1v) is 8.68. The molecule has 0 aromatic carbocycles. The maximum absolute atomic E-state index is 13.1. The molecule has 2 aromatic rings. The highest BCUT2D eigenvalue weighted by atomic mass is 16.5. The summed E-state index contributed by atoms with van der Waals surface area (Å²) in [5.41, 5.74) is 2.35. The molecule has 4 rings (SSSR count). The average Bonchev–Trinajstić information content (AvgIpc) is 3.06. The van der Waals surface area contributed by atoms with Crippen LogP contribution in [-0.4, -0.2) is 34.3 Å². The van der Waals surface area contributed by atoms with Gasteiger partial charge in [0.2, 0.25) is 0 Å². The normalized spacial score (nSPS) is 26.2. The first kappa shape index (κ1) is 15.6. The van der Waals surface area contributed by atoms with Crippen molar-refractivity contribution in [1.82, 2.24) is 15.5 Å². The summed E-state index contributed by atoms with van der Waals surface area (Å²) in [6.45, 7) is 6.55. The van der Waals surface area contributed by atoms with Crippen LogP contribution in [0.5, 0.6) is 0 Å². The third kappa shape index (κ3) is 2.49. The molecule has 2 unspecified atom stereocenters. The van der Waals surface area contributed by atoms with Crippen molar-refractivity contribution in [3.8, 4) is 0 Å². The summed E-state index contributed by atoms with van der Waals surface area (Å²) in [7, 11) is 0. The molecule has 2 atom stereocenters. The molecular formula is C18H23N3O3. The summed E-state index contributed by atoms with van der Waals surface area (Å²) in [5, 5.41) is 7.95. The summed E-state index contributed by atoms with van der Waals surface area (Å²) in [5.74, 6) is 0.125. The predicted molar refractivity (Wildman–Crippen MR) is 89.0 cm³/mol. The highest BCUT2D eigenvalue weighted by Gasteiger charge is 2.44. The minimum absolute atomic E-state index is 0.0817. The number of hydrogen-bond acceptors (Lipinski definition) is 5. The van der Waals surface area contributed by atoms with E-state index < -0.39 is 0 Å². The lowest BCUT2D eigenvalue weighted by Crippen LogP contribution is -2.50. The van der Waals surface area contributed by atoms with Gasteiger partial charge in [0, 0.05) is 5.69 Å². The van der Waals surface area contributed by atoms with E-state index in [2.05, 4.69) is 15.5 Å². The fourth-order valence-electron chi connectivity index (χ4n) is 3.91. The Morgan fingerprint density at radius 3 is 3.08 bits per heavy atom. The van der Waals surface area contributed by atoms with Crippen LogP contribution in [0, 0.1) is 6.92 Å². The van der Waals surface area contributed by atoms with Gasteiger partial charge in [-0.25, -0.2) is 4.98 Å². The van der Waals surface area contributed by atoms with Gasteiger partial charge in [-0.15, -0.1) is 0 Å². The van der Waals surface area contributed by atoms with Crippen molar-refractivity contribution < 1.29 is 14.1 Å². The number of nitrogens with one attached hydrogen (secondary N) is 1. The Bertz CT molecular complexity index is 794. The monoisotopic (exact) mass is 329 g/mol. The molecule has 2 fully saturated rings. The Labute approximate surface area is 140 Å². The molecule has 6 nitrogen and oxygen atoms in total. The zero-order valence-electron chi connectivity index (χ0n) is 14.4. The van der Waals surface area contributed by atoms with Gasteiger partial charge in [0.05, 0.1) is 34.9 Å². The molecule has 2 bridgehead atoms. The van der Waals surface area contributed by atoms with Crippen LogP contribution in [-0.2, 0) is 4.74 Å². The highest BCUT2D eigenvalue weighted by Crippen LogP contribution is 2.37. The van der Waals surface area contributed by atoms with Crippen molar-refractivity contribution >= 4 is 17.0 Å². The van der Waals surface area contributed by atoms with Gasteiger partial charge in [-0.2, -0.15) is 0 Å². The van der Waals surface area contributed by atoms with Gasteiger partial charge in [0.15, 0.2) is 0 Å². The third-order valence-corrected chi connectivity index (χ3v) is 5.25. The molecule has 1 amide bonds. The maximum Gasteiger partial charge on any atom is 0.259 e. The number of carbonyl (C=O) groups excluding carboxylic acids is 1. The largest absolute Gasteiger partial charge is 0.376 e. The van der Waals surface area contributed by atoms with Crippen molar-refractivity contribution in [3.63, 3.8) is 0 Å². The van der Waals surface area contributed by atoms with Crippen LogP contribution >= 0.6 is 0 Å². The lowest BCUT2D eigenvalue weighted by Gasteiger charge is -2.32. The van der Waals surface area contributed by atoms with Crippen molar-refractivity contribution in [2.45, 2.75) is 64.0 Å². The van der Waals surface area contributed by atoms with Crippen molar-refractivity contribution in [2.24, 2.45) is 0 Å². The lowest BCUT2D eigenvalue weighted by molar-refractivity contribution is 0.0868. The number of fused-ring (bicyclic) bond motifs is 3. The quantitative estimate of drug-likeness (QED) is 0.936. The fraction of sp³-hybridized carbons (Fsp3) is 0.611. The second-order valence-electron chi connectivity index (χ2n) is 7.46. The molecule has 6 heteroatoms. The van der Waals surface area contributed by atoms with E-state index in [0.29, 0.717) is 35.1 Å². The van der Waals surface area contributed by atoms with Gasteiger partial charge in [-0.3, -0.25) is 4.79 Å². The van der Waals surface area contributed by atoms with Crippen LogP contribution in [0.2, 0.25) is 0 Å². The molecule has 0 spiro atoms. The van der Waals surface area contributed by atoms with Gasteiger partial charge in [-0.1, -0.05) is 19.0 Å². The number of hydrogen-bond donors (Lipinski definition) is 1. The van der Waals surface area contributed by atoms with Crippen LogP contribution in [0.15, 0.2) is 10.6 Å². The van der Waals surface area contributed by atoms with Gasteiger partial charge >= 0.3 is 0 Å². The summed E-state index contributed by atoms with van der Waals surface area (Å²) >= 11 is 0. The number of rotatable bonds is 3. The number of aromatic nitrogens is 2. The molecule has 2 aromatic heterocycles. The number of aryl methyl sites for hydroxylation is 1. The van der Waals surface area contributed by atoms with Gasteiger partial charge in [0.1, 0.15) is 0 Å². The minimum atomic E-state index is -0.224. The summed E-state index contributed by atoms with van der Waals surface area (Å²) in [4.78, 5) is 17.6. The number of carbonyl (C=O) groups is 1. The first-order valence-electron chi connectivity index (χ1n) is 8.68. The highest BCUT2D eigenvalue weighted by molar-refractivity contribution is 6.06. The van der Waals surface area contributed by atoms with Crippen LogP contribution in [0.25, 0.3) is 11.1 Å². The summed E-state index contributed by atoms with van der Waals surface area (Å²) in [6, 6.07) is 1.87. The van der Waals surface area contributed by atoms with E-state index in [1.165, 1.54) is 0 Å². The standard InChI is InChI=1S/C18H23N3O3/c1-10(2)14-7-13(15-11(3)21-24-17(15)19-14)16(22)20-18-6-4-5-12(8-18)23-9-18/h7,10,12H,4-6,8-9H2,1-3H3,(H,20,22). The van der Waals surface area contributed by atoms with Crippen molar-refractivity contribution in [3.05, 3.63) is 23.0 Å². The van der Waals surface area contributed by atoms with E-state index in [-0.39, 0.29) is 17.4 Å². The Kier molecular flexibility index (Phi) is 3.60. The molecule has 3 heterocycles. The Balaban J connectivity index is 1.72. The molecule has 128 valence electrons. The molecule has 0 radical (unpaired) electrons. The second kappa shape index (κ2) is 5.55. The van der Waals surface area contributed by atoms with E-state index in [1.807, 2.05) is 26.8 Å². The van der Waals surface area contributed by atoms with E-state index in [4.69, 9.17) is 9.26 Å². The molecule has 1 aliphatic heterocycles. The number of amides is 1. The molecule has 24 heavy (non-hydrogen) atoms. The smallest absolute Gasteiger partial charge is 0.259 e. The average molecular weight is 329 g/mol. The topological polar surface area (TPSA) is 77.2 Å². The number of nitrogens with zero attached hydrogens (tertiary/aromatic N) is 2. The number of pyridine rings is 1. The van der Waals surface area contributed by atoms with Crippen LogP contribution in [0.4, 0.5) is 0 Å². The Morgan fingerprint density at radius 2 is 2.29 bits per heavy atom. The lowest BCUT2D eigenvalue weighted by atomic mass is 9.83.